The van der Waals surface area contributed by atoms with E-state index in [2.05, 4.69) is 20.8 Å². The average Bonchev–Trinajstić information content (AvgIpc) is 2.34. The summed E-state index contributed by atoms with van der Waals surface area (Å²) < 4.78 is 0. The molecule has 2 aliphatic carbocycles. The lowest BCUT2D eigenvalue weighted by atomic mass is 9.61. The highest BCUT2D eigenvalue weighted by Crippen LogP contribution is 2.47. The molecule has 0 aromatic heterocycles. The number of aliphatic hydroxyl groups is 1. The molecule has 0 saturated heterocycles. The maximum Gasteiger partial charge on any atom is 0.0703 e. The molecule has 0 bridgehead atoms. The summed E-state index contributed by atoms with van der Waals surface area (Å²) in [6.07, 6.45) is 10.2. The van der Waals surface area contributed by atoms with Gasteiger partial charge in [-0.3, -0.25) is 0 Å². The zero-order chi connectivity index (χ0) is 12.5. The van der Waals surface area contributed by atoms with Crippen LogP contribution in [0.4, 0.5) is 0 Å². The van der Waals surface area contributed by atoms with E-state index in [-0.39, 0.29) is 5.60 Å². The second kappa shape index (κ2) is 5.30. The fourth-order valence-electron chi connectivity index (χ4n) is 4.33. The molecule has 1 N–H and O–H groups in total. The highest BCUT2D eigenvalue weighted by atomic mass is 16.3. The van der Waals surface area contributed by atoms with Crippen LogP contribution in [0.15, 0.2) is 0 Å². The van der Waals surface area contributed by atoms with Crippen molar-refractivity contribution in [3.8, 4) is 0 Å². The molecule has 100 valence electrons. The van der Waals surface area contributed by atoms with Crippen LogP contribution in [0.1, 0.15) is 72.1 Å². The first kappa shape index (κ1) is 13.4. The monoisotopic (exact) mass is 238 g/mol. The summed E-state index contributed by atoms with van der Waals surface area (Å²) >= 11 is 0. The highest BCUT2D eigenvalue weighted by molar-refractivity contribution is 4.97. The molecule has 1 nitrogen and oxygen atoms in total. The summed E-state index contributed by atoms with van der Waals surface area (Å²) in [5, 5.41) is 11.1. The molecule has 17 heavy (non-hydrogen) atoms. The van der Waals surface area contributed by atoms with Crippen molar-refractivity contribution in [2.75, 3.05) is 0 Å². The molecule has 0 aromatic carbocycles. The summed E-state index contributed by atoms with van der Waals surface area (Å²) in [5.41, 5.74) is -0.342. The molecule has 2 fully saturated rings. The van der Waals surface area contributed by atoms with E-state index in [4.69, 9.17) is 0 Å². The molecule has 2 rings (SSSR count). The van der Waals surface area contributed by atoms with Gasteiger partial charge in [-0.25, -0.2) is 0 Å². The molecule has 0 spiro atoms. The van der Waals surface area contributed by atoms with Crippen LogP contribution in [-0.2, 0) is 0 Å². The third-order valence-electron chi connectivity index (χ3n) is 5.69. The predicted molar refractivity (Wildman–Crippen MR) is 72.9 cm³/mol. The van der Waals surface area contributed by atoms with Gasteiger partial charge in [-0.2, -0.15) is 0 Å². The first-order valence-electron chi connectivity index (χ1n) is 7.78. The molecule has 2 aliphatic rings. The Balaban J connectivity index is 2.07. The minimum atomic E-state index is -0.342. The van der Waals surface area contributed by atoms with Gasteiger partial charge in [-0.15, -0.1) is 0 Å². The zero-order valence-corrected chi connectivity index (χ0v) is 11.9. The normalized spacial score (nSPS) is 48.0. The van der Waals surface area contributed by atoms with Crippen molar-refractivity contribution in [1.82, 2.24) is 0 Å². The lowest BCUT2D eigenvalue weighted by molar-refractivity contribution is -0.116. The van der Waals surface area contributed by atoms with Crippen molar-refractivity contribution in [1.29, 1.82) is 0 Å². The molecule has 2 saturated carbocycles. The SMILES string of the molecule is CCC1CCCC(C2(O)CC(C)CCC2C)C1. The molecule has 0 aromatic rings. The van der Waals surface area contributed by atoms with Crippen LogP contribution in [0.2, 0.25) is 0 Å². The fraction of sp³-hybridized carbons (Fsp3) is 1.00. The van der Waals surface area contributed by atoms with Gasteiger partial charge in [-0.1, -0.05) is 46.5 Å². The first-order chi connectivity index (χ1) is 8.06. The summed E-state index contributed by atoms with van der Waals surface area (Å²) in [6, 6.07) is 0. The molecule has 5 atom stereocenters. The maximum atomic E-state index is 11.1. The van der Waals surface area contributed by atoms with Crippen molar-refractivity contribution in [3.05, 3.63) is 0 Å². The Morgan fingerprint density at radius 1 is 1.12 bits per heavy atom. The largest absolute Gasteiger partial charge is 0.389 e. The Labute approximate surface area is 107 Å². The lowest BCUT2D eigenvalue weighted by Crippen LogP contribution is -2.49. The third-order valence-corrected chi connectivity index (χ3v) is 5.69. The van der Waals surface area contributed by atoms with Crippen LogP contribution < -0.4 is 0 Å². The second-order valence-electron chi connectivity index (χ2n) is 6.92. The van der Waals surface area contributed by atoms with Gasteiger partial charge in [-0.05, 0) is 49.4 Å². The van der Waals surface area contributed by atoms with Crippen molar-refractivity contribution in [3.63, 3.8) is 0 Å². The number of hydrogen-bond donors (Lipinski definition) is 1. The van der Waals surface area contributed by atoms with Gasteiger partial charge in [0.05, 0.1) is 5.60 Å². The smallest absolute Gasteiger partial charge is 0.0703 e. The van der Waals surface area contributed by atoms with Gasteiger partial charge in [0.25, 0.3) is 0 Å². The van der Waals surface area contributed by atoms with Crippen molar-refractivity contribution in [2.24, 2.45) is 23.7 Å². The van der Waals surface area contributed by atoms with E-state index in [1.165, 1.54) is 44.9 Å². The second-order valence-corrected chi connectivity index (χ2v) is 6.92. The molecule has 5 unspecified atom stereocenters. The summed E-state index contributed by atoms with van der Waals surface area (Å²) in [5.74, 6) is 2.69. The molecule has 0 heterocycles. The summed E-state index contributed by atoms with van der Waals surface area (Å²) in [4.78, 5) is 0. The van der Waals surface area contributed by atoms with Crippen LogP contribution in [0, 0.1) is 23.7 Å². The molecular formula is C16H30O. The lowest BCUT2D eigenvalue weighted by Gasteiger charge is -2.48. The number of rotatable bonds is 2. The van der Waals surface area contributed by atoms with E-state index in [0.717, 1.165) is 18.3 Å². The van der Waals surface area contributed by atoms with Crippen LogP contribution in [0.3, 0.4) is 0 Å². The minimum absolute atomic E-state index is 0.342. The molecule has 0 radical (unpaired) electrons. The summed E-state index contributed by atoms with van der Waals surface area (Å²) in [7, 11) is 0. The van der Waals surface area contributed by atoms with Crippen molar-refractivity contribution < 1.29 is 5.11 Å². The van der Waals surface area contributed by atoms with E-state index >= 15 is 0 Å². The Morgan fingerprint density at radius 2 is 1.88 bits per heavy atom. The van der Waals surface area contributed by atoms with E-state index in [0.29, 0.717) is 11.8 Å². The highest BCUT2D eigenvalue weighted by Gasteiger charge is 2.45. The molecular weight excluding hydrogens is 208 g/mol. The van der Waals surface area contributed by atoms with Crippen molar-refractivity contribution in [2.45, 2.75) is 77.7 Å². The van der Waals surface area contributed by atoms with Gasteiger partial charge >= 0.3 is 0 Å². The summed E-state index contributed by atoms with van der Waals surface area (Å²) in [6.45, 7) is 6.91. The fourth-order valence-corrected chi connectivity index (χ4v) is 4.33. The Kier molecular flexibility index (Phi) is 4.18. The van der Waals surface area contributed by atoms with Crippen molar-refractivity contribution >= 4 is 0 Å². The van der Waals surface area contributed by atoms with E-state index in [9.17, 15) is 5.11 Å². The van der Waals surface area contributed by atoms with Gasteiger partial charge in [0.2, 0.25) is 0 Å². The van der Waals surface area contributed by atoms with Gasteiger partial charge in [0, 0.05) is 0 Å². The Hall–Kier alpha value is -0.0400. The maximum absolute atomic E-state index is 11.1. The van der Waals surface area contributed by atoms with E-state index < -0.39 is 0 Å². The molecule has 0 aliphatic heterocycles. The van der Waals surface area contributed by atoms with Crippen LogP contribution in [-0.4, -0.2) is 10.7 Å². The Morgan fingerprint density at radius 3 is 2.59 bits per heavy atom. The van der Waals surface area contributed by atoms with Gasteiger partial charge in [0.15, 0.2) is 0 Å². The third kappa shape index (κ3) is 2.70. The topological polar surface area (TPSA) is 20.2 Å². The molecule has 1 heteroatoms. The first-order valence-corrected chi connectivity index (χ1v) is 7.78. The Bertz CT molecular complexity index is 250. The van der Waals surface area contributed by atoms with E-state index in [1.807, 2.05) is 0 Å². The quantitative estimate of drug-likeness (QED) is 0.756. The standard InChI is InChI=1S/C16H30O/c1-4-14-6-5-7-15(10-14)16(17)11-12(2)8-9-13(16)3/h12-15,17H,4-11H2,1-3H3. The van der Waals surface area contributed by atoms with Crippen LogP contribution in [0.25, 0.3) is 0 Å². The predicted octanol–water partition coefficient (Wildman–Crippen LogP) is 4.39. The van der Waals surface area contributed by atoms with Crippen LogP contribution >= 0.6 is 0 Å². The number of hydrogen-bond acceptors (Lipinski definition) is 1. The van der Waals surface area contributed by atoms with Gasteiger partial charge < -0.3 is 5.11 Å². The zero-order valence-electron chi connectivity index (χ0n) is 11.9. The van der Waals surface area contributed by atoms with E-state index in [1.54, 1.807) is 0 Å². The average molecular weight is 238 g/mol. The van der Waals surface area contributed by atoms with Gasteiger partial charge in [0.1, 0.15) is 0 Å². The van der Waals surface area contributed by atoms with Crippen LogP contribution in [0.5, 0.6) is 0 Å². The molecule has 0 amide bonds. The minimum Gasteiger partial charge on any atom is -0.389 e.